The summed E-state index contributed by atoms with van der Waals surface area (Å²) in [6, 6.07) is 74.5. The van der Waals surface area contributed by atoms with Crippen LogP contribution in [0.1, 0.15) is 5.76 Å². The molecule has 0 radical (unpaired) electrons. The molecule has 0 aliphatic heterocycles. The van der Waals surface area contributed by atoms with Gasteiger partial charge in [-0.05, 0) is 166 Å². The highest BCUT2D eigenvalue weighted by atomic mass is 16.3. The summed E-state index contributed by atoms with van der Waals surface area (Å²) < 4.78 is 17.2. The summed E-state index contributed by atoms with van der Waals surface area (Å²) in [6.07, 6.45) is 6.94. The molecule has 0 fully saturated rings. The van der Waals surface area contributed by atoms with Crippen molar-refractivity contribution in [1.82, 2.24) is 14.1 Å². The number of hydrogen-bond acceptors (Lipinski definition) is 4. The quantitative estimate of drug-likeness (QED) is 0.173. The molecule has 14 rings (SSSR count). The molecule has 6 heteroatoms. The third kappa shape index (κ3) is 6.30. The fourth-order valence-corrected chi connectivity index (χ4v) is 10.6. The normalized spacial score (nSPS) is 12.1. The van der Waals surface area contributed by atoms with E-state index in [9.17, 15) is 0 Å². The predicted octanol–water partition coefficient (Wildman–Crippen LogP) is 16.5. The minimum atomic E-state index is 0.737. The Morgan fingerprint density at radius 3 is 1.38 bits per heavy atom. The molecule has 0 atom stereocenters. The Morgan fingerprint density at radius 2 is 0.841 bits per heavy atom. The Balaban J connectivity index is 0.891. The van der Waals surface area contributed by atoms with Crippen LogP contribution < -0.4 is 5.73 Å². The lowest BCUT2D eigenvalue weighted by Gasteiger charge is -2.10. The van der Waals surface area contributed by atoms with Gasteiger partial charge in [0.05, 0.1) is 22.1 Å². The predicted molar refractivity (Wildman–Crippen MR) is 285 cm³/mol. The molecule has 0 bridgehead atoms. The first-order valence-electron chi connectivity index (χ1n) is 23.2. The highest BCUT2D eigenvalue weighted by Crippen LogP contribution is 2.41. The maximum absolute atomic E-state index is 6.29. The molecule has 0 aliphatic carbocycles. The van der Waals surface area contributed by atoms with Gasteiger partial charge in [-0.25, -0.2) is 0 Å². The molecule has 0 spiro atoms. The van der Waals surface area contributed by atoms with Crippen LogP contribution in [-0.2, 0) is 0 Å². The molecule has 0 unspecified atom stereocenters. The second kappa shape index (κ2) is 15.3. The molecule has 9 aromatic carbocycles. The number of aromatic nitrogens is 3. The Kier molecular flexibility index (Phi) is 8.63. The van der Waals surface area contributed by atoms with Crippen molar-refractivity contribution in [2.24, 2.45) is 5.73 Å². The van der Waals surface area contributed by atoms with Gasteiger partial charge in [0.15, 0.2) is 0 Å². The summed E-state index contributed by atoms with van der Waals surface area (Å²) in [6.45, 7) is 0. The van der Waals surface area contributed by atoms with Crippen LogP contribution in [0, 0.1) is 0 Å². The lowest BCUT2D eigenvalue weighted by Crippen LogP contribution is -1.93. The van der Waals surface area contributed by atoms with Gasteiger partial charge in [-0.15, -0.1) is 0 Å². The van der Waals surface area contributed by atoms with Crippen LogP contribution in [-0.4, -0.2) is 14.1 Å². The van der Waals surface area contributed by atoms with Crippen molar-refractivity contribution in [1.29, 1.82) is 0 Å². The first-order valence-corrected chi connectivity index (χ1v) is 23.2. The largest absolute Gasteiger partial charge is 0.457 e. The Hall–Kier alpha value is -9.39. The Morgan fingerprint density at radius 1 is 0.362 bits per heavy atom. The zero-order chi connectivity index (χ0) is 45.6. The smallest absolute Gasteiger partial charge is 0.138 e. The third-order valence-electron chi connectivity index (χ3n) is 13.8. The Labute approximate surface area is 396 Å². The molecule has 0 aliphatic rings. The molecule has 324 valence electrons. The molecule has 0 saturated heterocycles. The zero-order valence-electron chi connectivity index (χ0n) is 37.2. The van der Waals surface area contributed by atoms with Crippen molar-refractivity contribution in [3.63, 3.8) is 0 Å². The van der Waals surface area contributed by atoms with Crippen molar-refractivity contribution in [2.75, 3.05) is 0 Å². The molecule has 69 heavy (non-hydrogen) atoms. The van der Waals surface area contributed by atoms with E-state index in [0.29, 0.717) is 0 Å². The topological polar surface area (TPSA) is 75.0 Å². The molecule has 0 saturated carbocycles. The van der Waals surface area contributed by atoms with Gasteiger partial charge in [0.1, 0.15) is 22.5 Å². The molecular formula is C63H40N4O2. The van der Waals surface area contributed by atoms with E-state index in [1.807, 2.05) is 18.3 Å². The molecule has 0 amide bonds. The average Bonchev–Trinajstić information content (AvgIpc) is 4.17. The second-order valence-electron chi connectivity index (χ2n) is 17.8. The van der Waals surface area contributed by atoms with E-state index in [-0.39, 0.29) is 0 Å². The van der Waals surface area contributed by atoms with E-state index in [2.05, 4.69) is 208 Å². The monoisotopic (exact) mass is 884 g/mol. The van der Waals surface area contributed by atoms with Crippen LogP contribution in [0.5, 0.6) is 0 Å². The van der Waals surface area contributed by atoms with Crippen LogP contribution in [0.25, 0.3) is 138 Å². The summed E-state index contributed by atoms with van der Waals surface area (Å²) >= 11 is 0. The molecule has 2 N–H and O–H groups in total. The van der Waals surface area contributed by atoms with E-state index >= 15 is 0 Å². The van der Waals surface area contributed by atoms with Crippen molar-refractivity contribution in [2.45, 2.75) is 0 Å². The van der Waals surface area contributed by atoms with Crippen molar-refractivity contribution < 1.29 is 8.83 Å². The standard InChI is InChI=1S/C63H40N4O2/c64-28-26-50-31-47-15-14-45(36-62(47)68-50)43-19-24-59-54(34-43)52-32-41(17-22-57(52)66(59)48-10-3-1-4-11-48)39-8-7-9-40(30-39)42-18-23-58-53(33-42)55-35-44(20-25-60(55)67(58)49-12-5-2-6-13-49)46-16-21-51-56-38-65-29-27-61(56)69-63(51)37-46/h1-38H,64H2/b28-26-. The average molecular weight is 885 g/mol. The summed E-state index contributed by atoms with van der Waals surface area (Å²) in [7, 11) is 0. The lowest BCUT2D eigenvalue weighted by molar-refractivity contribution is 0.604. The number of benzene rings is 9. The highest BCUT2D eigenvalue weighted by Gasteiger charge is 2.18. The van der Waals surface area contributed by atoms with Gasteiger partial charge in [-0.3, -0.25) is 4.98 Å². The van der Waals surface area contributed by atoms with Crippen LogP contribution in [0.15, 0.2) is 234 Å². The van der Waals surface area contributed by atoms with Gasteiger partial charge in [0, 0.05) is 61.5 Å². The van der Waals surface area contributed by atoms with Crippen LogP contribution in [0.4, 0.5) is 0 Å². The number of pyridine rings is 1. The van der Waals surface area contributed by atoms with Gasteiger partial charge in [0.25, 0.3) is 0 Å². The van der Waals surface area contributed by atoms with Gasteiger partial charge >= 0.3 is 0 Å². The number of furan rings is 2. The lowest BCUT2D eigenvalue weighted by atomic mass is 9.96. The van der Waals surface area contributed by atoms with E-state index in [0.717, 1.165) is 117 Å². The maximum atomic E-state index is 6.29. The number of nitrogens with zero attached hydrogens (tertiary/aromatic N) is 3. The third-order valence-corrected chi connectivity index (χ3v) is 13.8. The van der Waals surface area contributed by atoms with Gasteiger partial charge in [0.2, 0.25) is 0 Å². The van der Waals surface area contributed by atoms with Crippen molar-refractivity contribution in [3.8, 4) is 55.9 Å². The van der Waals surface area contributed by atoms with Crippen molar-refractivity contribution >= 4 is 82.6 Å². The fraction of sp³-hybridized carbons (Fsp3) is 0. The number of fused-ring (bicyclic) bond motifs is 10. The van der Waals surface area contributed by atoms with Crippen molar-refractivity contribution in [3.05, 3.63) is 231 Å². The molecule has 14 aromatic rings. The summed E-state index contributed by atoms with van der Waals surface area (Å²) in [5.41, 5.74) is 24.1. The molecule has 5 heterocycles. The van der Waals surface area contributed by atoms with Gasteiger partial charge in [-0.1, -0.05) is 97.1 Å². The summed E-state index contributed by atoms with van der Waals surface area (Å²) in [5.74, 6) is 0.737. The van der Waals surface area contributed by atoms with E-state index < -0.39 is 0 Å². The highest BCUT2D eigenvalue weighted by molar-refractivity contribution is 6.14. The maximum Gasteiger partial charge on any atom is 0.138 e. The fourth-order valence-electron chi connectivity index (χ4n) is 10.6. The number of hydrogen-bond donors (Lipinski definition) is 1. The van der Waals surface area contributed by atoms with E-state index in [1.54, 1.807) is 12.3 Å². The summed E-state index contributed by atoms with van der Waals surface area (Å²) in [5, 5.41) is 7.90. The molecule has 6 nitrogen and oxygen atoms in total. The van der Waals surface area contributed by atoms with E-state index in [4.69, 9.17) is 14.6 Å². The van der Waals surface area contributed by atoms with Gasteiger partial charge < -0.3 is 23.7 Å². The molecule has 5 aromatic heterocycles. The van der Waals surface area contributed by atoms with Gasteiger partial charge in [-0.2, -0.15) is 0 Å². The van der Waals surface area contributed by atoms with Crippen LogP contribution in [0.3, 0.4) is 0 Å². The second-order valence-corrected chi connectivity index (χ2v) is 17.8. The first-order chi connectivity index (χ1) is 34.1. The first kappa shape index (κ1) is 38.8. The minimum absolute atomic E-state index is 0.737. The zero-order valence-corrected chi connectivity index (χ0v) is 37.2. The SMILES string of the molecule is N/C=C\c1cc2ccc(-c3ccc4c(c3)c3cc(-c5cccc(-c6ccc7c(c6)c6cc(-c8ccc9c(c8)oc8ccncc89)ccc6n7-c6ccccc6)c5)ccc3n4-c3ccccc3)cc2o1. The number of rotatable bonds is 7. The van der Waals surface area contributed by atoms with Crippen LogP contribution >= 0.6 is 0 Å². The van der Waals surface area contributed by atoms with Crippen LogP contribution in [0.2, 0.25) is 0 Å². The number of nitrogens with two attached hydrogens (primary N) is 1. The minimum Gasteiger partial charge on any atom is -0.457 e. The van der Waals surface area contributed by atoms with E-state index in [1.165, 1.54) is 27.7 Å². The summed E-state index contributed by atoms with van der Waals surface area (Å²) in [4.78, 5) is 4.34. The Bertz CT molecular complexity index is 4380. The molecular weight excluding hydrogens is 845 g/mol. The number of para-hydroxylation sites is 2.